The minimum atomic E-state index is -4.39. The van der Waals surface area contributed by atoms with E-state index in [0.717, 1.165) is 52.8 Å². The molecule has 0 fully saturated rings. The van der Waals surface area contributed by atoms with E-state index in [2.05, 4.69) is 4.98 Å². The van der Waals surface area contributed by atoms with E-state index in [1.54, 1.807) is 19.4 Å². The molecular formula is C24H21F3N4O. The van der Waals surface area contributed by atoms with Crippen molar-refractivity contribution in [2.75, 3.05) is 18.6 Å². The van der Waals surface area contributed by atoms with Gasteiger partial charge in [-0.15, -0.1) is 0 Å². The van der Waals surface area contributed by atoms with E-state index >= 15 is 0 Å². The lowest BCUT2D eigenvalue weighted by Gasteiger charge is -2.30. The van der Waals surface area contributed by atoms with Crippen LogP contribution in [0.25, 0.3) is 16.8 Å². The average Bonchev–Trinajstić information content (AvgIpc) is 3.17. The number of hydrogen-bond acceptors (Lipinski definition) is 4. The first-order chi connectivity index (χ1) is 15.3. The quantitative estimate of drug-likeness (QED) is 0.405. The van der Waals surface area contributed by atoms with Crippen LogP contribution in [0.1, 0.15) is 23.2 Å². The minimum Gasteiger partial charge on any atom is -0.481 e. The third kappa shape index (κ3) is 3.45. The molecule has 0 bridgehead atoms. The Morgan fingerprint density at radius 1 is 1.03 bits per heavy atom. The number of hydrogen-bond donors (Lipinski definition) is 0. The summed E-state index contributed by atoms with van der Waals surface area (Å²) in [6.45, 7) is 2.46. The van der Waals surface area contributed by atoms with E-state index in [9.17, 15) is 13.2 Å². The molecule has 164 valence electrons. The Balaban J connectivity index is 1.65. The monoisotopic (exact) mass is 438 g/mol. The van der Waals surface area contributed by atoms with Crippen molar-refractivity contribution < 1.29 is 17.9 Å². The second-order valence-corrected chi connectivity index (χ2v) is 7.87. The molecule has 0 spiro atoms. The number of ether oxygens (including phenoxy) is 1. The number of aryl methyl sites for hydroxylation is 2. The zero-order valence-electron chi connectivity index (χ0n) is 17.6. The van der Waals surface area contributed by atoms with Crippen LogP contribution < -0.4 is 9.64 Å². The smallest absolute Gasteiger partial charge is 0.416 e. The number of imidazole rings is 1. The zero-order chi connectivity index (χ0) is 22.5. The number of aromatic nitrogens is 3. The van der Waals surface area contributed by atoms with Gasteiger partial charge < -0.3 is 9.64 Å². The fourth-order valence-corrected chi connectivity index (χ4v) is 4.20. The van der Waals surface area contributed by atoms with Gasteiger partial charge in [-0.25, -0.2) is 9.97 Å². The minimum absolute atomic E-state index is 0.529. The van der Waals surface area contributed by atoms with E-state index in [1.807, 2.05) is 40.6 Å². The number of benzene rings is 1. The lowest BCUT2D eigenvalue weighted by Crippen LogP contribution is -2.26. The van der Waals surface area contributed by atoms with E-state index in [-0.39, 0.29) is 0 Å². The highest BCUT2D eigenvalue weighted by Gasteiger charge is 2.32. The highest BCUT2D eigenvalue weighted by Crippen LogP contribution is 2.39. The van der Waals surface area contributed by atoms with Gasteiger partial charge in [0.15, 0.2) is 0 Å². The molecule has 0 radical (unpaired) electrons. The molecule has 4 aromatic rings. The Hall–Kier alpha value is -3.55. The second-order valence-electron chi connectivity index (χ2n) is 7.87. The summed E-state index contributed by atoms with van der Waals surface area (Å²) in [5.41, 5.74) is 4.18. The average molecular weight is 438 g/mol. The maximum Gasteiger partial charge on any atom is 0.416 e. The largest absolute Gasteiger partial charge is 0.481 e. The van der Waals surface area contributed by atoms with Crippen LogP contribution in [-0.2, 0) is 12.6 Å². The van der Waals surface area contributed by atoms with Crippen molar-refractivity contribution in [3.63, 3.8) is 0 Å². The van der Waals surface area contributed by atoms with Crippen molar-refractivity contribution in [1.29, 1.82) is 0 Å². The first-order valence-corrected chi connectivity index (χ1v) is 10.3. The summed E-state index contributed by atoms with van der Waals surface area (Å²) in [5.74, 6) is 1.35. The summed E-state index contributed by atoms with van der Waals surface area (Å²) in [6, 6.07) is 11.5. The van der Waals surface area contributed by atoms with Crippen LogP contribution in [0.15, 0.2) is 54.9 Å². The first kappa shape index (κ1) is 20.4. The zero-order valence-corrected chi connectivity index (χ0v) is 17.6. The Labute approximate surface area is 183 Å². The lowest BCUT2D eigenvalue weighted by molar-refractivity contribution is -0.137. The van der Waals surface area contributed by atoms with Gasteiger partial charge >= 0.3 is 6.18 Å². The van der Waals surface area contributed by atoms with E-state index < -0.39 is 11.7 Å². The Morgan fingerprint density at radius 3 is 2.56 bits per heavy atom. The van der Waals surface area contributed by atoms with E-state index in [0.29, 0.717) is 18.1 Å². The maximum atomic E-state index is 13.4. The summed E-state index contributed by atoms with van der Waals surface area (Å²) in [4.78, 5) is 11.0. The summed E-state index contributed by atoms with van der Waals surface area (Å²) < 4.78 is 47.3. The maximum absolute atomic E-state index is 13.4. The number of pyridine rings is 2. The lowest BCUT2D eigenvalue weighted by atomic mass is 10.1. The fourth-order valence-electron chi connectivity index (χ4n) is 4.20. The number of methoxy groups -OCH3 is 1. The normalized spacial score (nSPS) is 14.0. The molecule has 1 aliphatic heterocycles. The van der Waals surface area contributed by atoms with Gasteiger partial charge in [-0.05, 0) is 55.7 Å². The van der Waals surface area contributed by atoms with Crippen LogP contribution in [-0.4, -0.2) is 28.0 Å². The molecule has 4 heterocycles. The summed E-state index contributed by atoms with van der Waals surface area (Å²) >= 11 is 0. The summed E-state index contributed by atoms with van der Waals surface area (Å²) in [7, 11) is 1.57. The number of halogens is 3. The molecule has 8 heteroatoms. The van der Waals surface area contributed by atoms with Gasteiger partial charge in [0.05, 0.1) is 18.4 Å². The third-order valence-electron chi connectivity index (χ3n) is 5.82. The molecular weight excluding hydrogens is 417 g/mol. The number of nitrogens with zero attached hydrogens (tertiary/aromatic N) is 4. The summed E-state index contributed by atoms with van der Waals surface area (Å²) in [6.07, 6.45) is 0.909. The van der Waals surface area contributed by atoms with Gasteiger partial charge in [-0.2, -0.15) is 13.2 Å². The first-order valence-electron chi connectivity index (χ1n) is 10.3. The molecule has 0 saturated heterocycles. The third-order valence-corrected chi connectivity index (χ3v) is 5.82. The van der Waals surface area contributed by atoms with Crippen LogP contribution in [0, 0.1) is 6.92 Å². The Bertz CT molecular complexity index is 1300. The molecule has 5 rings (SSSR count). The molecule has 1 aliphatic rings. The van der Waals surface area contributed by atoms with Crippen LogP contribution in [0.5, 0.6) is 5.88 Å². The highest BCUT2D eigenvalue weighted by molar-refractivity contribution is 5.73. The van der Waals surface area contributed by atoms with Crippen molar-refractivity contribution in [3.05, 3.63) is 71.7 Å². The summed E-state index contributed by atoms with van der Waals surface area (Å²) in [5, 5.41) is 0. The standard InChI is InChI=1S/C24H21F3N4O/c1-15-5-8-18(24(25,26)27)12-20(15)30-11-3-4-19-23(30)31-14-17(6-9-21(31)29-19)16-7-10-22(32-2)28-13-16/h5-10,12-14H,3-4,11H2,1-2H3. The van der Waals surface area contributed by atoms with E-state index in [4.69, 9.17) is 9.72 Å². The van der Waals surface area contributed by atoms with Crippen LogP contribution in [0.4, 0.5) is 24.7 Å². The van der Waals surface area contributed by atoms with Crippen LogP contribution in [0.2, 0.25) is 0 Å². The molecule has 0 unspecified atom stereocenters. The van der Waals surface area contributed by atoms with Gasteiger partial charge in [-0.3, -0.25) is 4.40 Å². The van der Waals surface area contributed by atoms with Crippen molar-refractivity contribution >= 4 is 17.2 Å². The molecule has 0 aliphatic carbocycles. The molecule has 3 aromatic heterocycles. The van der Waals surface area contributed by atoms with Crippen LogP contribution >= 0.6 is 0 Å². The predicted octanol–water partition coefficient (Wildman–Crippen LogP) is 5.82. The number of rotatable bonds is 3. The van der Waals surface area contributed by atoms with Gasteiger partial charge in [0.1, 0.15) is 11.5 Å². The molecule has 0 amide bonds. The van der Waals surface area contributed by atoms with Crippen molar-refractivity contribution in [2.24, 2.45) is 0 Å². The fraction of sp³-hybridized carbons (Fsp3) is 0.250. The van der Waals surface area contributed by atoms with E-state index in [1.165, 1.54) is 12.1 Å². The molecule has 0 N–H and O–H groups in total. The predicted molar refractivity (Wildman–Crippen MR) is 116 cm³/mol. The Kier molecular flexibility index (Phi) is 4.80. The second kappa shape index (κ2) is 7.55. The Morgan fingerprint density at radius 2 is 1.84 bits per heavy atom. The molecule has 1 aromatic carbocycles. The van der Waals surface area contributed by atoms with Gasteiger partial charge in [0.25, 0.3) is 0 Å². The SMILES string of the molecule is COc1ccc(-c2ccc3nc4c(n3c2)N(c2cc(C(F)(F)F)ccc2C)CCC4)cn1. The van der Waals surface area contributed by atoms with Crippen molar-refractivity contribution in [3.8, 4) is 17.0 Å². The number of fused-ring (bicyclic) bond motifs is 3. The molecule has 5 nitrogen and oxygen atoms in total. The van der Waals surface area contributed by atoms with Crippen LogP contribution in [0.3, 0.4) is 0 Å². The highest BCUT2D eigenvalue weighted by atomic mass is 19.4. The molecule has 0 saturated carbocycles. The van der Waals surface area contributed by atoms with Gasteiger partial charge in [-0.1, -0.05) is 6.07 Å². The topological polar surface area (TPSA) is 42.7 Å². The van der Waals surface area contributed by atoms with Gasteiger partial charge in [0.2, 0.25) is 5.88 Å². The molecule has 0 atom stereocenters. The van der Waals surface area contributed by atoms with Crippen molar-refractivity contribution in [2.45, 2.75) is 25.9 Å². The number of alkyl halides is 3. The van der Waals surface area contributed by atoms with Gasteiger partial charge in [0, 0.05) is 41.8 Å². The van der Waals surface area contributed by atoms with Crippen molar-refractivity contribution in [1.82, 2.24) is 14.4 Å². The number of anilines is 2. The molecule has 32 heavy (non-hydrogen) atoms.